The maximum atomic E-state index is 12.3. The van der Waals surface area contributed by atoms with E-state index in [4.69, 9.17) is 0 Å². The first-order chi connectivity index (χ1) is 11.7. The molecule has 24 heavy (non-hydrogen) atoms. The molecule has 0 radical (unpaired) electrons. The maximum Gasteiger partial charge on any atom is 0.246 e. The van der Waals surface area contributed by atoms with E-state index in [0.29, 0.717) is 19.1 Å². The summed E-state index contributed by atoms with van der Waals surface area (Å²) in [5.74, 6) is 0.287. The molecule has 0 unspecified atom stereocenters. The number of hydrogen-bond donors (Lipinski definition) is 1. The van der Waals surface area contributed by atoms with Gasteiger partial charge < -0.3 is 10.2 Å². The van der Waals surface area contributed by atoms with Gasteiger partial charge in [0, 0.05) is 31.1 Å². The smallest absolute Gasteiger partial charge is 0.246 e. The summed E-state index contributed by atoms with van der Waals surface area (Å²) in [6.45, 7) is 1.33. The minimum Gasteiger partial charge on any atom is -0.353 e. The Morgan fingerprint density at radius 2 is 1.67 bits per heavy atom. The van der Waals surface area contributed by atoms with Crippen molar-refractivity contribution >= 4 is 17.9 Å². The number of likely N-dealkylation sites (tertiary alicyclic amines) is 1. The molecule has 1 saturated heterocycles. The molecule has 3 rings (SSSR count). The van der Waals surface area contributed by atoms with Gasteiger partial charge in [-0.15, -0.1) is 0 Å². The zero-order valence-corrected chi connectivity index (χ0v) is 14.1. The molecule has 128 valence electrons. The van der Waals surface area contributed by atoms with Crippen LogP contribution in [0.4, 0.5) is 0 Å². The normalized spacial score (nSPS) is 19.8. The minimum absolute atomic E-state index is 0.0357. The van der Waals surface area contributed by atoms with Crippen LogP contribution in [0.2, 0.25) is 0 Å². The number of nitrogens with zero attached hydrogens (tertiary/aromatic N) is 1. The summed E-state index contributed by atoms with van der Waals surface area (Å²) < 4.78 is 0. The van der Waals surface area contributed by atoms with E-state index in [1.165, 1.54) is 12.8 Å². The van der Waals surface area contributed by atoms with Crippen LogP contribution in [0, 0.1) is 5.92 Å². The Bertz CT molecular complexity index is 583. The SMILES string of the molecule is O=C(NC1CCCC1)C1CCN(C(=O)/C=C/c2ccccc2)CC1. The van der Waals surface area contributed by atoms with Gasteiger partial charge >= 0.3 is 0 Å². The number of nitrogens with one attached hydrogen (secondary N) is 1. The van der Waals surface area contributed by atoms with Gasteiger partial charge in [0.15, 0.2) is 0 Å². The number of rotatable bonds is 4. The molecule has 1 heterocycles. The quantitative estimate of drug-likeness (QED) is 0.865. The molecular formula is C20H26N2O2. The fourth-order valence-electron chi connectivity index (χ4n) is 3.59. The van der Waals surface area contributed by atoms with Crippen molar-refractivity contribution in [2.45, 2.75) is 44.6 Å². The van der Waals surface area contributed by atoms with Crippen LogP contribution < -0.4 is 5.32 Å². The lowest BCUT2D eigenvalue weighted by atomic mass is 9.95. The average Bonchev–Trinajstić information content (AvgIpc) is 3.13. The molecule has 4 heteroatoms. The molecule has 2 fully saturated rings. The van der Waals surface area contributed by atoms with E-state index in [0.717, 1.165) is 31.2 Å². The molecule has 2 amide bonds. The van der Waals surface area contributed by atoms with E-state index in [9.17, 15) is 9.59 Å². The predicted molar refractivity (Wildman–Crippen MR) is 95.2 cm³/mol. The lowest BCUT2D eigenvalue weighted by Crippen LogP contribution is -2.44. The van der Waals surface area contributed by atoms with Gasteiger partial charge in [-0.05, 0) is 37.3 Å². The van der Waals surface area contributed by atoms with Crippen LogP contribution in [-0.2, 0) is 9.59 Å². The summed E-state index contributed by atoms with van der Waals surface area (Å²) in [7, 11) is 0. The number of hydrogen-bond acceptors (Lipinski definition) is 2. The van der Waals surface area contributed by atoms with Crippen LogP contribution in [0.25, 0.3) is 6.08 Å². The van der Waals surface area contributed by atoms with Crippen molar-refractivity contribution in [2.24, 2.45) is 5.92 Å². The summed E-state index contributed by atoms with van der Waals surface area (Å²) in [5.41, 5.74) is 1.02. The Morgan fingerprint density at radius 3 is 2.33 bits per heavy atom. The minimum atomic E-state index is 0.0357. The maximum absolute atomic E-state index is 12.3. The zero-order valence-electron chi connectivity index (χ0n) is 14.1. The third-order valence-electron chi connectivity index (χ3n) is 5.10. The second kappa shape index (κ2) is 8.13. The first-order valence-corrected chi connectivity index (χ1v) is 9.05. The molecule has 0 spiro atoms. The summed E-state index contributed by atoms with van der Waals surface area (Å²) in [5, 5.41) is 3.18. The Kier molecular flexibility index (Phi) is 5.68. The molecule has 0 bridgehead atoms. The largest absolute Gasteiger partial charge is 0.353 e. The van der Waals surface area contributed by atoms with E-state index < -0.39 is 0 Å². The lowest BCUT2D eigenvalue weighted by Gasteiger charge is -2.31. The van der Waals surface area contributed by atoms with Crippen molar-refractivity contribution in [2.75, 3.05) is 13.1 Å². The van der Waals surface area contributed by atoms with Crippen molar-refractivity contribution in [3.63, 3.8) is 0 Å². The van der Waals surface area contributed by atoms with E-state index in [1.807, 2.05) is 41.3 Å². The standard InChI is InChI=1S/C20H26N2O2/c23-19(11-10-16-6-2-1-3-7-16)22-14-12-17(13-15-22)20(24)21-18-8-4-5-9-18/h1-3,6-7,10-11,17-18H,4-5,8-9,12-15H2,(H,21,24)/b11-10+. The summed E-state index contributed by atoms with van der Waals surface area (Å²) in [6, 6.07) is 10.2. The molecular weight excluding hydrogens is 300 g/mol. The Hall–Kier alpha value is -2.10. The van der Waals surface area contributed by atoms with Crippen LogP contribution in [0.1, 0.15) is 44.1 Å². The second-order valence-electron chi connectivity index (χ2n) is 6.83. The molecule has 1 N–H and O–H groups in total. The van der Waals surface area contributed by atoms with Crippen molar-refractivity contribution in [3.05, 3.63) is 42.0 Å². The molecule has 1 aliphatic carbocycles. The number of piperidine rings is 1. The van der Waals surface area contributed by atoms with E-state index in [2.05, 4.69) is 5.32 Å². The van der Waals surface area contributed by atoms with Gasteiger partial charge in [-0.1, -0.05) is 43.2 Å². The first kappa shape index (κ1) is 16.7. The van der Waals surface area contributed by atoms with Gasteiger partial charge in [0.1, 0.15) is 0 Å². The summed E-state index contributed by atoms with van der Waals surface area (Å²) in [6.07, 6.45) is 9.71. The average molecular weight is 326 g/mol. The van der Waals surface area contributed by atoms with Crippen molar-refractivity contribution in [1.82, 2.24) is 10.2 Å². The third kappa shape index (κ3) is 4.47. The van der Waals surface area contributed by atoms with E-state index in [-0.39, 0.29) is 17.7 Å². The van der Waals surface area contributed by atoms with Crippen LogP contribution >= 0.6 is 0 Å². The highest BCUT2D eigenvalue weighted by Crippen LogP contribution is 2.21. The molecule has 2 aliphatic rings. The van der Waals surface area contributed by atoms with Crippen LogP contribution in [-0.4, -0.2) is 35.8 Å². The molecule has 1 aromatic carbocycles. The molecule has 1 saturated carbocycles. The number of benzene rings is 1. The fourth-order valence-corrected chi connectivity index (χ4v) is 3.59. The summed E-state index contributed by atoms with van der Waals surface area (Å²) in [4.78, 5) is 26.4. The van der Waals surface area contributed by atoms with Crippen molar-refractivity contribution in [3.8, 4) is 0 Å². The molecule has 0 aromatic heterocycles. The highest BCUT2D eigenvalue weighted by Gasteiger charge is 2.28. The predicted octanol–water partition coefficient (Wildman–Crippen LogP) is 3.00. The van der Waals surface area contributed by atoms with Gasteiger partial charge in [-0.3, -0.25) is 9.59 Å². The molecule has 0 atom stereocenters. The molecule has 1 aliphatic heterocycles. The zero-order chi connectivity index (χ0) is 16.8. The Labute approximate surface area is 143 Å². The third-order valence-corrected chi connectivity index (χ3v) is 5.10. The van der Waals surface area contributed by atoms with Gasteiger partial charge in [-0.25, -0.2) is 0 Å². The molecule has 4 nitrogen and oxygen atoms in total. The van der Waals surface area contributed by atoms with Crippen LogP contribution in [0.5, 0.6) is 0 Å². The van der Waals surface area contributed by atoms with Crippen molar-refractivity contribution < 1.29 is 9.59 Å². The molecule has 1 aromatic rings. The summed E-state index contributed by atoms with van der Waals surface area (Å²) >= 11 is 0. The lowest BCUT2D eigenvalue weighted by molar-refractivity contribution is -0.132. The first-order valence-electron chi connectivity index (χ1n) is 9.05. The monoisotopic (exact) mass is 326 g/mol. The second-order valence-corrected chi connectivity index (χ2v) is 6.83. The number of amides is 2. The fraction of sp³-hybridized carbons (Fsp3) is 0.500. The highest BCUT2D eigenvalue weighted by molar-refractivity contribution is 5.92. The van der Waals surface area contributed by atoms with Crippen LogP contribution in [0.3, 0.4) is 0 Å². The van der Waals surface area contributed by atoms with Crippen LogP contribution in [0.15, 0.2) is 36.4 Å². The van der Waals surface area contributed by atoms with Gasteiger partial charge in [0.05, 0.1) is 0 Å². The van der Waals surface area contributed by atoms with Gasteiger partial charge in [-0.2, -0.15) is 0 Å². The van der Waals surface area contributed by atoms with Gasteiger partial charge in [0.2, 0.25) is 11.8 Å². The van der Waals surface area contributed by atoms with E-state index >= 15 is 0 Å². The number of carbonyl (C=O) groups excluding carboxylic acids is 2. The Balaban J connectivity index is 1.45. The van der Waals surface area contributed by atoms with E-state index in [1.54, 1.807) is 6.08 Å². The topological polar surface area (TPSA) is 49.4 Å². The van der Waals surface area contributed by atoms with Crippen molar-refractivity contribution in [1.29, 1.82) is 0 Å². The van der Waals surface area contributed by atoms with Gasteiger partial charge in [0.25, 0.3) is 0 Å². The Morgan fingerprint density at radius 1 is 1.00 bits per heavy atom. The highest BCUT2D eigenvalue weighted by atomic mass is 16.2. The number of carbonyl (C=O) groups is 2.